The zero-order chi connectivity index (χ0) is 13.9. The minimum atomic E-state index is -0.192. The molecule has 1 amide bonds. The van der Waals surface area contributed by atoms with E-state index in [-0.39, 0.29) is 11.9 Å². The second kappa shape index (κ2) is 5.17. The van der Waals surface area contributed by atoms with E-state index in [4.69, 9.17) is 4.42 Å². The maximum Gasteiger partial charge on any atom is 0.251 e. The minimum absolute atomic E-state index is 0.139. The first-order valence-electron chi connectivity index (χ1n) is 6.43. The molecule has 4 nitrogen and oxygen atoms in total. The molecule has 0 radical (unpaired) electrons. The summed E-state index contributed by atoms with van der Waals surface area (Å²) in [7, 11) is 0. The Morgan fingerprint density at radius 3 is 2.70 bits per heavy atom. The molecular formula is C16H14N2O2. The lowest BCUT2D eigenvalue weighted by atomic mass is 10.2. The number of aromatic nitrogens is 1. The molecule has 2 aromatic heterocycles. The molecule has 4 heteroatoms. The summed E-state index contributed by atoms with van der Waals surface area (Å²) in [6.07, 6.45) is 3.20. The molecule has 0 aliphatic rings. The third-order valence-corrected chi connectivity index (χ3v) is 3.16. The average molecular weight is 266 g/mol. The van der Waals surface area contributed by atoms with Crippen LogP contribution in [0.4, 0.5) is 0 Å². The number of hydrogen-bond acceptors (Lipinski definition) is 3. The van der Waals surface area contributed by atoms with Gasteiger partial charge in [0.1, 0.15) is 11.3 Å². The number of fused-ring (bicyclic) bond motifs is 1. The third-order valence-electron chi connectivity index (χ3n) is 3.16. The number of carbonyl (C=O) groups excluding carboxylic acids is 1. The summed E-state index contributed by atoms with van der Waals surface area (Å²) in [5, 5.41) is 3.95. The molecule has 1 N–H and O–H groups in total. The van der Waals surface area contributed by atoms with E-state index in [1.54, 1.807) is 24.5 Å². The van der Waals surface area contributed by atoms with Gasteiger partial charge in [0, 0.05) is 23.3 Å². The van der Waals surface area contributed by atoms with Crippen LogP contribution in [0, 0.1) is 0 Å². The van der Waals surface area contributed by atoms with Crippen molar-refractivity contribution in [1.29, 1.82) is 0 Å². The van der Waals surface area contributed by atoms with Crippen LogP contribution < -0.4 is 5.32 Å². The highest BCUT2D eigenvalue weighted by Gasteiger charge is 2.14. The van der Waals surface area contributed by atoms with E-state index in [0.29, 0.717) is 5.56 Å². The van der Waals surface area contributed by atoms with Gasteiger partial charge in [-0.25, -0.2) is 0 Å². The number of benzene rings is 1. The fourth-order valence-corrected chi connectivity index (χ4v) is 2.07. The van der Waals surface area contributed by atoms with Crippen molar-refractivity contribution >= 4 is 16.9 Å². The van der Waals surface area contributed by atoms with Crippen molar-refractivity contribution in [3.8, 4) is 0 Å². The van der Waals surface area contributed by atoms with Crippen LogP contribution in [0.1, 0.15) is 29.1 Å². The summed E-state index contributed by atoms with van der Waals surface area (Å²) < 4.78 is 5.74. The highest BCUT2D eigenvalue weighted by Crippen LogP contribution is 2.23. The van der Waals surface area contributed by atoms with Crippen LogP contribution in [0.2, 0.25) is 0 Å². The fraction of sp³-hybridized carbons (Fsp3) is 0.125. The van der Waals surface area contributed by atoms with Crippen molar-refractivity contribution in [3.05, 3.63) is 66.2 Å². The number of furan rings is 1. The molecule has 0 saturated heterocycles. The van der Waals surface area contributed by atoms with Gasteiger partial charge < -0.3 is 9.73 Å². The van der Waals surface area contributed by atoms with Crippen LogP contribution in [0.5, 0.6) is 0 Å². The number of hydrogen-bond donors (Lipinski definition) is 1. The number of carbonyl (C=O) groups is 1. The Labute approximate surface area is 116 Å². The van der Waals surface area contributed by atoms with Crippen molar-refractivity contribution in [2.45, 2.75) is 13.0 Å². The molecule has 0 unspecified atom stereocenters. The van der Waals surface area contributed by atoms with Crippen LogP contribution in [0.3, 0.4) is 0 Å². The van der Waals surface area contributed by atoms with Crippen molar-refractivity contribution in [3.63, 3.8) is 0 Å². The van der Waals surface area contributed by atoms with E-state index in [1.807, 2.05) is 37.3 Å². The molecule has 0 aliphatic heterocycles. The average Bonchev–Trinajstić information content (AvgIpc) is 2.92. The van der Waals surface area contributed by atoms with E-state index in [2.05, 4.69) is 10.3 Å². The van der Waals surface area contributed by atoms with Crippen LogP contribution >= 0.6 is 0 Å². The molecule has 0 aliphatic carbocycles. The molecule has 20 heavy (non-hydrogen) atoms. The van der Waals surface area contributed by atoms with Gasteiger partial charge in [0.2, 0.25) is 0 Å². The molecule has 3 rings (SSSR count). The van der Waals surface area contributed by atoms with Gasteiger partial charge in [0.25, 0.3) is 5.91 Å². The maximum absolute atomic E-state index is 12.1. The smallest absolute Gasteiger partial charge is 0.251 e. The van der Waals surface area contributed by atoms with Crippen molar-refractivity contribution in [2.75, 3.05) is 0 Å². The second-order valence-corrected chi connectivity index (χ2v) is 4.62. The lowest BCUT2D eigenvalue weighted by Gasteiger charge is -2.11. The molecule has 2 heterocycles. The van der Waals surface area contributed by atoms with E-state index in [0.717, 1.165) is 16.7 Å². The van der Waals surface area contributed by atoms with Crippen LogP contribution in [-0.4, -0.2) is 10.9 Å². The first-order valence-corrected chi connectivity index (χ1v) is 6.43. The van der Waals surface area contributed by atoms with Gasteiger partial charge in [-0.2, -0.15) is 0 Å². The van der Waals surface area contributed by atoms with E-state index >= 15 is 0 Å². The molecule has 0 spiro atoms. The summed E-state index contributed by atoms with van der Waals surface area (Å²) in [4.78, 5) is 16.0. The highest BCUT2D eigenvalue weighted by molar-refractivity contribution is 5.94. The molecule has 0 bridgehead atoms. The van der Waals surface area contributed by atoms with Gasteiger partial charge in [0.05, 0.1) is 6.04 Å². The molecular weight excluding hydrogens is 252 g/mol. The van der Waals surface area contributed by atoms with E-state index in [9.17, 15) is 4.79 Å². The Balaban J connectivity index is 1.79. The lowest BCUT2D eigenvalue weighted by Crippen LogP contribution is -2.26. The van der Waals surface area contributed by atoms with Gasteiger partial charge in [-0.1, -0.05) is 18.2 Å². The normalized spacial score (nSPS) is 12.2. The number of rotatable bonds is 3. The molecule has 3 aromatic rings. The Hall–Kier alpha value is -2.62. The van der Waals surface area contributed by atoms with Crippen LogP contribution in [0.25, 0.3) is 11.0 Å². The summed E-state index contributed by atoms with van der Waals surface area (Å²) in [6.45, 7) is 1.90. The maximum atomic E-state index is 12.1. The topological polar surface area (TPSA) is 55.1 Å². The van der Waals surface area contributed by atoms with Crippen molar-refractivity contribution in [1.82, 2.24) is 10.3 Å². The Bertz CT molecular complexity index is 701. The first-order chi connectivity index (χ1) is 9.74. The molecule has 0 fully saturated rings. The van der Waals surface area contributed by atoms with Crippen LogP contribution in [0.15, 0.2) is 59.3 Å². The molecule has 1 atom stereocenters. The zero-order valence-electron chi connectivity index (χ0n) is 11.0. The number of para-hydroxylation sites is 1. The number of nitrogens with zero attached hydrogens (tertiary/aromatic N) is 1. The number of pyridine rings is 1. The number of nitrogens with one attached hydrogen (secondary N) is 1. The Kier molecular flexibility index (Phi) is 3.21. The first kappa shape index (κ1) is 12.4. The van der Waals surface area contributed by atoms with E-state index in [1.165, 1.54) is 0 Å². The minimum Gasteiger partial charge on any atom is -0.459 e. The Morgan fingerprint density at radius 1 is 1.20 bits per heavy atom. The summed E-state index contributed by atoms with van der Waals surface area (Å²) in [5.74, 6) is 0.606. The Morgan fingerprint density at radius 2 is 1.95 bits per heavy atom. The number of amides is 1. The van der Waals surface area contributed by atoms with Gasteiger partial charge >= 0.3 is 0 Å². The van der Waals surface area contributed by atoms with Crippen molar-refractivity contribution in [2.24, 2.45) is 0 Å². The van der Waals surface area contributed by atoms with Crippen molar-refractivity contribution < 1.29 is 9.21 Å². The molecule has 100 valence electrons. The quantitative estimate of drug-likeness (QED) is 0.791. The standard InChI is InChI=1S/C16H14N2O2/c1-11(18-16(19)12-6-8-17-9-7-12)15-10-13-4-2-3-5-14(13)20-15/h2-11H,1H3,(H,18,19)/t11-/m0/s1. The molecule has 1 aromatic carbocycles. The predicted molar refractivity (Wildman–Crippen MR) is 76.3 cm³/mol. The molecule has 0 saturated carbocycles. The SMILES string of the molecule is C[C@H](NC(=O)c1ccncc1)c1cc2ccccc2o1. The second-order valence-electron chi connectivity index (χ2n) is 4.62. The summed E-state index contributed by atoms with van der Waals surface area (Å²) in [5.41, 5.74) is 1.41. The van der Waals surface area contributed by atoms with Gasteiger partial charge in [0.15, 0.2) is 0 Å². The van der Waals surface area contributed by atoms with Crippen LogP contribution in [-0.2, 0) is 0 Å². The monoisotopic (exact) mass is 266 g/mol. The van der Waals surface area contributed by atoms with Gasteiger partial charge in [-0.05, 0) is 31.2 Å². The third kappa shape index (κ3) is 2.40. The predicted octanol–water partition coefficient (Wildman–Crippen LogP) is 3.32. The van der Waals surface area contributed by atoms with Gasteiger partial charge in [-0.3, -0.25) is 9.78 Å². The highest BCUT2D eigenvalue weighted by atomic mass is 16.3. The summed E-state index contributed by atoms with van der Waals surface area (Å²) >= 11 is 0. The lowest BCUT2D eigenvalue weighted by molar-refractivity contribution is 0.0935. The fourth-order valence-electron chi connectivity index (χ4n) is 2.07. The zero-order valence-corrected chi connectivity index (χ0v) is 11.0. The largest absolute Gasteiger partial charge is 0.459 e. The van der Waals surface area contributed by atoms with Gasteiger partial charge in [-0.15, -0.1) is 0 Å². The van der Waals surface area contributed by atoms with E-state index < -0.39 is 0 Å². The summed E-state index contributed by atoms with van der Waals surface area (Å²) in [6, 6.07) is 12.9.